The number of aliphatic hydroxyl groups is 1. The quantitative estimate of drug-likeness (QED) is 0.613. The van der Waals surface area contributed by atoms with Crippen LogP contribution in [0.25, 0.3) is 0 Å². The molecule has 0 aromatic heterocycles. The van der Waals surface area contributed by atoms with E-state index in [0.717, 1.165) is 0 Å². The predicted molar refractivity (Wildman–Crippen MR) is 80.7 cm³/mol. The van der Waals surface area contributed by atoms with Gasteiger partial charge >= 0.3 is 0 Å². The molecular weight excluding hydrogens is 274 g/mol. The number of carbonyl (C=O) groups is 1. The Balaban J connectivity index is 3.21. The second-order valence-electron chi connectivity index (χ2n) is 5.49. The first-order chi connectivity index (χ1) is 9.65. The summed E-state index contributed by atoms with van der Waals surface area (Å²) < 4.78 is 0. The molecule has 0 spiro atoms. The highest BCUT2D eigenvalue weighted by molar-refractivity contribution is 5.96. The number of likely N-dealkylation sites (N-methyl/N-ethyl adjacent to an activating group) is 1. The lowest BCUT2D eigenvalue weighted by Crippen LogP contribution is -2.36. The number of carbonyl (C=O) groups excluding carboxylic acids is 1. The van der Waals surface area contributed by atoms with E-state index < -0.39 is 10.5 Å². The summed E-state index contributed by atoms with van der Waals surface area (Å²) in [5.41, 5.74) is -0.467. The molecule has 0 aliphatic heterocycles. The summed E-state index contributed by atoms with van der Waals surface area (Å²) in [5, 5.41) is 23.6. The molecule has 7 nitrogen and oxygen atoms in total. The van der Waals surface area contributed by atoms with Gasteiger partial charge in [-0.05, 0) is 32.9 Å². The summed E-state index contributed by atoms with van der Waals surface area (Å²) in [6.45, 7) is 5.70. The van der Waals surface area contributed by atoms with E-state index in [4.69, 9.17) is 0 Å². The monoisotopic (exact) mass is 295 g/mol. The van der Waals surface area contributed by atoms with Crippen molar-refractivity contribution in [1.82, 2.24) is 5.32 Å². The molecule has 1 aromatic rings. The van der Waals surface area contributed by atoms with E-state index in [0.29, 0.717) is 17.8 Å². The van der Waals surface area contributed by atoms with Gasteiger partial charge in [0.05, 0.1) is 10.5 Å². The van der Waals surface area contributed by atoms with E-state index in [9.17, 15) is 20.0 Å². The minimum atomic E-state index is -1.01. The fourth-order valence-electron chi connectivity index (χ4n) is 2.05. The number of hydrogen-bond donors (Lipinski definition) is 2. The zero-order chi connectivity index (χ0) is 16.2. The van der Waals surface area contributed by atoms with Crippen LogP contribution in [0, 0.1) is 10.1 Å². The molecule has 0 radical (unpaired) electrons. The number of amides is 1. The molecule has 116 valence electrons. The molecule has 7 heteroatoms. The van der Waals surface area contributed by atoms with Gasteiger partial charge in [0.15, 0.2) is 0 Å². The zero-order valence-corrected chi connectivity index (χ0v) is 12.7. The number of nitrogens with zero attached hydrogens (tertiary/aromatic N) is 2. The molecule has 0 atom stereocenters. The van der Waals surface area contributed by atoms with Crippen molar-refractivity contribution >= 4 is 17.3 Å². The largest absolute Gasteiger partial charge is 0.389 e. The predicted octanol–water partition coefficient (Wildman–Crippen LogP) is 1.55. The molecule has 0 saturated heterocycles. The highest BCUT2D eigenvalue weighted by atomic mass is 16.6. The first-order valence-electron chi connectivity index (χ1n) is 6.66. The van der Waals surface area contributed by atoms with Crippen LogP contribution in [0.1, 0.15) is 31.1 Å². The highest BCUT2D eigenvalue weighted by Crippen LogP contribution is 2.29. The lowest BCUT2D eigenvalue weighted by Gasteiger charge is -2.27. The number of benzene rings is 1. The molecule has 0 bridgehead atoms. The average Bonchev–Trinajstić information content (AvgIpc) is 2.36. The minimum Gasteiger partial charge on any atom is -0.389 e. The van der Waals surface area contributed by atoms with Crippen molar-refractivity contribution in [2.45, 2.75) is 26.4 Å². The van der Waals surface area contributed by atoms with Crippen LogP contribution in [0.4, 0.5) is 11.4 Å². The van der Waals surface area contributed by atoms with Crippen LogP contribution in [-0.2, 0) is 0 Å². The van der Waals surface area contributed by atoms with Gasteiger partial charge in [0.1, 0.15) is 5.69 Å². The number of anilines is 1. The van der Waals surface area contributed by atoms with Gasteiger partial charge in [-0.25, -0.2) is 0 Å². The molecule has 0 saturated carbocycles. The Bertz CT molecular complexity index is 538. The van der Waals surface area contributed by atoms with Crippen molar-refractivity contribution in [3.05, 3.63) is 33.9 Å². The van der Waals surface area contributed by atoms with Crippen molar-refractivity contribution in [2.75, 3.05) is 25.0 Å². The number of rotatable bonds is 6. The van der Waals surface area contributed by atoms with Gasteiger partial charge in [0.25, 0.3) is 11.6 Å². The molecule has 2 N–H and O–H groups in total. The van der Waals surface area contributed by atoms with Crippen molar-refractivity contribution in [3.63, 3.8) is 0 Å². The first-order valence-corrected chi connectivity index (χ1v) is 6.66. The van der Waals surface area contributed by atoms with Crippen LogP contribution in [0.15, 0.2) is 18.2 Å². The fourth-order valence-corrected chi connectivity index (χ4v) is 2.05. The van der Waals surface area contributed by atoms with Crippen LogP contribution in [0.3, 0.4) is 0 Å². The third kappa shape index (κ3) is 4.71. The molecular formula is C14H21N3O4. The number of nitro benzene ring substituents is 1. The van der Waals surface area contributed by atoms with Gasteiger partial charge in [0.2, 0.25) is 0 Å². The molecule has 0 aliphatic rings. The van der Waals surface area contributed by atoms with Crippen LogP contribution >= 0.6 is 0 Å². The lowest BCUT2D eigenvalue weighted by atomic mass is 10.1. The molecule has 1 amide bonds. The number of nitro groups is 1. The van der Waals surface area contributed by atoms with E-state index in [1.807, 2.05) is 0 Å². The van der Waals surface area contributed by atoms with Crippen molar-refractivity contribution in [1.29, 1.82) is 0 Å². The third-order valence-electron chi connectivity index (χ3n) is 2.81. The summed E-state index contributed by atoms with van der Waals surface area (Å²) in [5.74, 6) is -0.287. The van der Waals surface area contributed by atoms with Crippen LogP contribution in [0.2, 0.25) is 0 Å². The molecule has 0 heterocycles. The Morgan fingerprint density at radius 2 is 2.10 bits per heavy atom. The van der Waals surface area contributed by atoms with E-state index in [-0.39, 0.29) is 18.1 Å². The summed E-state index contributed by atoms with van der Waals surface area (Å²) in [6.07, 6.45) is 0. The molecule has 1 rings (SSSR count). The zero-order valence-electron chi connectivity index (χ0n) is 12.7. The summed E-state index contributed by atoms with van der Waals surface area (Å²) in [6, 6.07) is 4.19. The average molecular weight is 295 g/mol. The summed E-state index contributed by atoms with van der Waals surface area (Å²) in [4.78, 5) is 24.0. The van der Waals surface area contributed by atoms with Crippen LogP contribution in [-0.4, -0.2) is 41.7 Å². The second-order valence-corrected chi connectivity index (χ2v) is 5.49. The standard InChI is InChI=1S/C14H21N3O4/c1-5-15-13(18)10-6-7-11(17(20)21)12(8-10)16(4)9-14(2,3)19/h6-8,19H,5,9H2,1-4H3,(H,15,18). The number of nitrogens with one attached hydrogen (secondary N) is 1. The maximum absolute atomic E-state index is 11.8. The van der Waals surface area contributed by atoms with Crippen molar-refractivity contribution in [3.8, 4) is 0 Å². The lowest BCUT2D eigenvalue weighted by molar-refractivity contribution is -0.384. The topological polar surface area (TPSA) is 95.7 Å². The Morgan fingerprint density at radius 3 is 2.57 bits per heavy atom. The maximum atomic E-state index is 11.8. The molecule has 21 heavy (non-hydrogen) atoms. The number of hydrogen-bond acceptors (Lipinski definition) is 5. The van der Waals surface area contributed by atoms with E-state index in [2.05, 4.69) is 5.32 Å². The smallest absolute Gasteiger partial charge is 0.292 e. The third-order valence-corrected chi connectivity index (χ3v) is 2.81. The summed E-state index contributed by atoms with van der Waals surface area (Å²) in [7, 11) is 1.64. The van der Waals surface area contributed by atoms with Gasteiger partial charge in [-0.15, -0.1) is 0 Å². The SMILES string of the molecule is CCNC(=O)c1ccc([N+](=O)[O-])c(N(C)CC(C)(C)O)c1. The van der Waals surface area contributed by atoms with Gasteiger partial charge < -0.3 is 15.3 Å². The minimum absolute atomic E-state index is 0.102. The Morgan fingerprint density at radius 1 is 1.48 bits per heavy atom. The molecule has 0 unspecified atom stereocenters. The molecule has 0 aliphatic carbocycles. The van der Waals surface area contributed by atoms with E-state index in [1.54, 1.807) is 32.7 Å². The van der Waals surface area contributed by atoms with Gasteiger partial charge in [0, 0.05) is 31.8 Å². The van der Waals surface area contributed by atoms with Crippen molar-refractivity contribution < 1.29 is 14.8 Å². The maximum Gasteiger partial charge on any atom is 0.292 e. The Hall–Kier alpha value is -2.15. The molecule has 0 fully saturated rings. The van der Waals surface area contributed by atoms with Gasteiger partial charge in [-0.2, -0.15) is 0 Å². The van der Waals surface area contributed by atoms with E-state index in [1.165, 1.54) is 18.2 Å². The van der Waals surface area contributed by atoms with Crippen LogP contribution in [0.5, 0.6) is 0 Å². The Labute approximate surface area is 123 Å². The van der Waals surface area contributed by atoms with Crippen LogP contribution < -0.4 is 10.2 Å². The second kappa shape index (κ2) is 6.53. The van der Waals surface area contributed by atoms with Gasteiger partial charge in [-0.1, -0.05) is 0 Å². The molecule has 1 aromatic carbocycles. The fraction of sp³-hybridized carbons (Fsp3) is 0.500. The van der Waals surface area contributed by atoms with Crippen molar-refractivity contribution in [2.24, 2.45) is 0 Å². The van der Waals surface area contributed by atoms with E-state index >= 15 is 0 Å². The Kier molecular flexibility index (Phi) is 5.26. The summed E-state index contributed by atoms with van der Waals surface area (Å²) >= 11 is 0. The first kappa shape index (κ1) is 16.9. The van der Waals surface area contributed by atoms with Gasteiger partial charge in [-0.3, -0.25) is 14.9 Å². The highest BCUT2D eigenvalue weighted by Gasteiger charge is 2.23. The normalized spacial score (nSPS) is 11.1.